The Balaban J connectivity index is 1.77. The number of carbonyl (C=O) groups is 1. The molecule has 0 aliphatic carbocycles. The van der Waals surface area contributed by atoms with Crippen molar-refractivity contribution in [1.82, 2.24) is 9.80 Å². The van der Waals surface area contributed by atoms with Crippen LogP contribution in [0.1, 0.15) is 36.8 Å². The van der Waals surface area contributed by atoms with Gasteiger partial charge in [-0.1, -0.05) is 25.1 Å². The van der Waals surface area contributed by atoms with Crippen molar-refractivity contribution in [3.05, 3.63) is 58.8 Å². The summed E-state index contributed by atoms with van der Waals surface area (Å²) in [4.78, 5) is 18.7. The Bertz CT molecular complexity index is 911. The number of amides is 1. The van der Waals surface area contributed by atoms with Gasteiger partial charge in [0.25, 0.3) is 0 Å². The number of hydrogen-bond acceptors (Lipinski definition) is 6. The van der Waals surface area contributed by atoms with E-state index < -0.39 is 5.60 Å². The van der Waals surface area contributed by atoms with Crippen LogP contribution in [0.15, 0.2) is 48.4 Å². The van der Waals surface area contributed by atoms with Gasteiger partial charge in [0.2, 0.25) is 5.91 Å². The van der Waals surface area contributed by atoms with E-state index in [1.54, 1.807) is 25.4 Å². The monoisotopic (exact) mass is 458 g/mol. The van der Waals surface area contributed by atoms with Gasteiger partial charge in [0, 0.05) is 18.0 Å². The largest absolute Gasteiger partial charge is 0.493 e. The molecule has 1 aliphatic rings. The Morgan fingerprint density at radius 3 is 2.81 bits per heavy atom. The van der Waals surface area contributed by atoms with Crippen LogP contribution < -0.4 is 9.47 Å². The van der Waals surface area contributed by atoms with Gasteiger partial charge in [-0.2, -0.15) is 0 Å². The molecule has 174 valence electrons. The smallest absolute Gasteiger partial charge is 0.237 e. The first-order valence-electron chi connectivity index (χ1n) is 11.1. The fraction of sp³-hybridized carbons (Fsp3) is 0.480. The summed E-state index contributed by atoms with van der Waals surface area (Å²) < 4.78 is 11.6. The van der Waals surface area contributed by atoms with Crippen molar-refractivity contribution >= 4 is 17.2 Å². The molecule has 0 saturated heterocycles. The molecule has 0 saturated carbocycles. The molecule has 3 rings (SSSR count). The number of methoxy groups -OCH3 is 1. The van der Waals surface area contributed by atoms with Crippen molar-refractivity contribution in [2.24, 2.45) is 0 Å². The van der Waals surface area contributed by atoms with E-state index >= 15 is 0 Å². The second kappa shape index (κ2) is 11.0. The summed E-state index contributed by atoms with van der Waals surface area (Å²) >= 11 is 1.73. The van der Waals surface area contributed by atoms with E-state index in [0.717, 1.165) is 24.9 Å². The molecule has 1 N–H and O–H groups in total. The standard InChI is InChI=1S/C25H34N2O4S/c1-5-13-26(18-25(3,29)6-2)16-24(28)27-14-11-23-19(12-15-32-23)20(27)17-31-22-10-8-7-9-21(22)30-4/h6-10,12,15,20,29H,2,5,11,13-14,16-18H2,1,3-4H3/t20-,25-/m0/s1. The van der Waals surface area contributed by atoms with Crippen molar-refractivity contribution in [1.29, 1.82) is 0 Å². The van der Waals surface area contributed by atoms with Crippen molar-refractivity contribution < 1.29 is 19.4 Å². The predicted octanol–water partition coefficient (Wildman–Crippen LogP) is 3.91. The fourth-order valence-electron chi connectivity index (χ4n) is 4.11. The molecular weight excluding hydrogens is 424 g/mol. The minimum atomic E-state index is -1.04. The maximum Gasteiger partial charge on any atom is 0.237 e. The Hall–Kier alpha value is -2.35. The number of thiophene rings is 1. The van der Waals surface area contributed by atoms with E-state index in [2.05, 4.69) is 24.9 Å². The number of aliphatic hydroxyl groups is 1. The molecule has 1 aliphatic heterocycles. The molecule has 2 heterocycles. The first kappa shape index (κ1) is 24.3. The molecule has 0 spiro atoms. The topological polar surface area (TPSA) is 62.2 Å². The highest BCUT2D eigenvalue weighted by Gasteiger charge is 2.33. The Morgan fingerprint density at radius 2 is 2.12 bits per heavy atom. The summed E-state index contributed by atoms with van der Waals surface area (Å²) in [5, 5.41) is 12.5. The lowest BCUT2D eigenvalue weighted by Gasteiger charge is -2.38. The molecule has 2 aromatic rings. The lowest BCUT2D eigenvalue weighted by atomic mass is 10.00. The summed E-state index contributed by atoms with van der Waals surface area (Å²) in [6.45, 7) is 9.87. The van der Waals surface area contributed by atoms with Gasteiger partial charge in [-0.25, -0.2) is 0 Å². The number of hydrogen-bond donors (Lipinski definition) is 1. The van der Waals surface area contributed by atoms with Gasteiger partial charge in [0.05, 0.1) is 25.3 Å². The summed E-state index contributed by atoms with van der Waals surface area (Å²) in [7, 11) is 1.62. The van der Waals surface area contributed by atoms with Gasteiger partial charge < -0.3 is 19.5 Å². The Morgan fingerprint density at radius 1 is 1.38 bits per heavy atom. The number of ether oxygens (including phenoxy) is 2. The van der Waals surface area contributed by atoms with Gasteiger partial charge in [-0.3, -0.25) is 9.69 Å². The third kappa shape index (κ3) is 5.91. The lowest BCUT2D eigenvalue weighted by molar-refractivity contribution is -0.136. The maximum absolute atomic E-state index is 13.4. The molecular formula is C25H34N2O4S. The minimum Gasteiger partial charge on any atom is -0.493 e. The van der Waals surface area contributed by atoms with Crippen molar-refractivity contribution in [2.45, 2.75) is 38.3 Å². The van der Waals surface area contributed by atoms with Crippen LogP contribution in [0.4, 0.5) is 0 Å². The first-order valence-corrected chi connectivity index (χ1v) is 12.0. The number of rotatable bonds is 11. The van der Waals surface area contributed by atoms with Crippen LogP contribution in [0, 0.1) is 0 Å². The van der Waals surface area contributed by atoms with E-state index in [1.165, 1.54) is 11.0 Å². The van der Waals surface area contributed by atoms with Crippen LogP contribution in [-0.2, 0) is 11.2 Å². The third-order valence-electron chi connectivity index (χ3n) is 5.76. The molecule has 1 aromatic heterocycles. The van der Waals surface area contributed by atoms with Gasteiger partial charge in [0.1, 0.15) is 6.61 Å². The first-order chi connectivity index (χ1) is 15.4. The highest BCUT2D eigenvalue weighted by Crippen LogP contribution is 2.35. The summed E-state index contributed by atoms with van der Waals surface area (Å²) in [6, 6.07) is 9.49. The zero-order valence-corrected chi connectivity index (χ0v) is 20.1. The van der Waals surface area contributed by atoms with Crippen LogP contribution >= 0.6 is 11.3 Å². The van der Waals surface area contributed by atoms with Crippen LogP contribution in [0.2, 0.25) is 0 Å². The zero-order chi connectivity index (χ0) is 23.1. The van der Waals surface area contributed by atoms with Crippen LogP contribution in [-0.4, -0.2) is 66.3 Å². The van der Waals surface area contributed by atoms with Gasteiger partial charge in [0.15, 0.2) is 11.5 Å². The predicted molar refractivity (Wildman–Crippen MR) is 129 cm³/mol. The van der Waals surface area contributed by atoms with Gasteiger partial charge in [-0.15, -0.1) is 17.9 Å². The zero-order valence-electron chi connectivity index (χ0n) is 19.3. The highest BCUT2D eigenvalue weighted by molar-refractivity contribution is 7.10. The van der Waals surface area contributed by atoms with E-state index in [1.807, 2.05) is 34.1 Å². The maximum atomic E-state index is 13.4. The molecule has 1 aromatic carbocycles. The van der Waals surface area contributed by atoms with Crippen LogP contribution in [0.5, 0.6) is 11.5 Å². The van der Waals surface area contributed by atoms with E-state index in [-0.39, 0.29) is 18.5 Å². The molecule has 0 unspecified atom stereocenters. The second-order valence-corrected chi connectivity index (χ2v) is 9.39. The summed E-state index contributed by atoms with van der Waals surface area (Å²) in [5.74, 6) is 1.38. The number of fused-ring (bicyclic) bond motifs is 1. The molecule has 7 heteroatoms. The van der Waals surface area contributed by atoms with Gasteiger partial charge >= 0.3 is 0 Å². The molecule has 32 heavy (non-hydrogen) atoms. The lowest BCUT2D eigenvalue weighted by Crippen LogP contribution is -2.49. The van der Waals surface area contributed by atoms with Crippen molar-refractivity contribution in [2.75, 3.05) is 39.9 Å². The van der Waals surface area contributed by atoms with E-state index in [9.17, 15) is 9.90 Å². The molecule has 0 fully saturated rings. The average Bonchev–Trinajstić information content (AvgIpc) is 3.26. The quantitative estimate of drug-likeness (QED) is 0.518. The normalized spacial score (nSPS) is 17.5. The molecule has 2 atom stereocenters. The Labute approximate surface area is 195 Å². The number of para-hydroxylation sites is 2. The molecule has 6 nitrogen and oxygen atoms in total. The minimum absolute atomic E-state index is 0.0452. The van der Waals surface area contributed by atoms with E-state index in [0.29, 0.717) is 31.2 Å². The highest BCUT2D eigenvalue weighted by atomic mass is 32.1. The van der Waals surface area contributed by atoms with Crippen molar-refractivity contribution in [3.63, 3.8) is 0 Å². The summed E-state index contributed by atoms with van der Waals surface area (Å²) in [6.07, 6.45) is 3.28. The molecule has 1 amide bonds. The van der Waals surface area contributed by atoms with Crippen LogP contribution in [0.3, 0.4) is 0 Å². The van der Waals surface area contributed by atoms with Crippen molar-refractivity contribution in [3.8, 4) is 11.5 Å². The second-order valence-electron chi connectivity index (χ2n) is 8.39. The van der Waals surface area contributed by atoms with E-state index in [4.69, 9.17) is 9.47 Å². The number of nitrogens with zero attached hydrogens (tertiary/aromatic N) is 2. The number of benzene rings is 1. The average molecular weight is 459 g/mol. The summed E-state index contributed by atoms with van der Waals surface area (Å²) in [5.41, 5.74) is 0.120. The number of carbonyl (C=O) groups excluding carboxylic acids is 1. The SMILES string of the molecule is C=C[C@](C)(O)CN(CCC)CC(=O)N1CCc2sccc2[C@@H]1COc1ccccc1OC. The Kier molecular flexibility index (Phi) is 8.34. The van der Waals surface area contributed by atoms with Gasteiger partial charge in [-0.05, 0) is 55.5 Å². The molecule has 0 bridgehead atoms. The van der Waals surface area contributed by atoms with Crippen LogP contribution in [0.25, 0.3) is 0 Å². The molecule has 0 radical (unpaired) electrons. The third-order valence-corrected chi connectivity index (χ3v) is 6.76. The fourth-order valence-corrected chi connectivity index (χ4v) is 5.04.